The molecule has 4 heteroatoms. The van der Waals surface area contributed by atoms with Gasteiger partial charge in [-0.3, -0.25) is 0 Å². The van der Waals surface area contributed by atoms with Gasteiger partial charge in [-0.2, -0.15) is 0 Å². The number of imidazole rings is 1. The minimum Gasteiger partial charge on any atom is -0.381 e. The average Bonchev–Trinajstić information content (AvgIpc) is 1.98. The molecule has 0 amide bonds. The fourth-order valence-electron chi connectivity index (χ4n) is 0.609. The van der Waals surface area contributed by atoms with E-state index < -0.39 is 0 Å². The summed E-state index contributed by atoms with van der Waals surface area (Å²) in [6.07, 6.45) is 0. The molecule has 0 fully saturated rings. The first-order chi connectivity index (χ1) is 4.13. The first-order valence-corrected chi connectivity index (χ1v) is 3.36. The Balaban J connectivity index is 3.29. The highest BCUT2D eigenvalue weighted by Gasteiger charge is 2.03. The predicted molar refractivity (Wildman–Crippen MR) is 40.1 cm³/mol. The van der Waals surface area contributed by atoms with Gasteiger partial charge in [0.25, 0.3) is 0 Å². The fourth-order valence-corrected chi connectivity index (χ4v) is 0.955. The first-order valence-electron chi connectivity index (χ1n) is 2.57. The number of aryl methyl sites for hydroxylation is 1. The molecule has 1 rings (SSSR count). The van der Waals surface area contributed by atoms with Crippen molar-refractivity contribution in [1.82, 2.24) is 9.55 Å². The Morgan fingerprint density at radius 3 is 2.33 bits per heavy atom. The van der Waals surface area contributed by atoms with Crippen LogP contribution in [-0.4, -0.2) is 9.55 Å². The number of aromatic nitrogens is 2. The molecule has 1 heterocycles. The Morgan fingerprint density at radius 1 is 1.67 bits per heavy atom. The highest BCUT2D eigenvalue weighted by atomic mass is 79.9. The van der Waals surface area contributed by atoms with Crippen molar-refractivity contribution in [2.75, 3.05) is 5.73 Å². The van der Waals surface area contributed by atoms with E-state index in [1.54, 1.807) is 0 Å². The molecule has 0 aliphatic rings. The van der Waals surface area contributed by atoms with Crippen molar-refractivity contribution in [2.45, 2.75) is 6.92 Å². The minimum absolute atomic E-state index is 0.551. The number of hydrogen-bond donors (Lipinski definition) is 1. The maximum Gasteiger partial charge on any atom is 0.156 e. The van der Waals surface area contributed by atoms with Crippen LogP contribution in [0.5, 0.6) is 0 Å². The van der Waals surface area contributed by atoms with Crippen LogP contribution >= 0.6 is 15.9 Å². The van der Waals surface area contributed by atoms with Crippen LogP contribution in [0.25, 0.3) is 0 Å². The zero-order chi connectivity index (χ0) is 7.02. The Bertz CT molecular complexity index is 206. The molecular weight excluding hydrogens is 182 g/mol. The van der Waals surface area contributed by atoms with Gasteiger partial charge in [0.2, 0.25) is 0 Å². The van der Waals surface area contributed by atoms with Gasteiger partial charge in [0.1, 0.15) is 10.4 Å². The lowest BCUT2D eigenvalue weighted by atomic mass is 10.7. The molecule has 0 saturated heterocycles. The van der Waals surface area contributed by atoms with Gasteiger partial charge in [-0.05, 0) is 22.9 Å². The van der Waals surface area contributed by atoms with E-state index in [-0.39, 0.29) is 0 Å². The third-order valence-electron chi connectivity index (χ3n) is 1.27. The predicted octanol–water partition coefficient (Wildman–Crippen LogP) is 1.07. The summed E-state index contributed by atoms with van der Waals surface area (Å²) in [4.78, 5) is 4.00. The van der Waals surface area contributed by atoms with Crippen molar-refractivity contribution in [3.63, 3.8) is 0 Å². The van der Waals surface area contributed by atoms with E-state index in [9.17, 15) is 0 Å². The molecule has 0 bridgehead atoms. The van der Waals surface area contributed by atoms with Crippen molar-refractivity contribution in [3.8, 4) is 0 Å². The maximum absolute atomic E-state index is 5.46. The van der Waals surface area contributed by atoms with Crippen LogP contribution < -0.4 is 5.73 Å². The number of anilines is 1. The topological polar surface area (TPSA) is 43.8 Å². The van der Waals surface area contributed by atoms with Crippen LogP contribution in [-0.2, 0) is 7.05 Å². The van der Waals surface area contributed by atoms with Crippen molar-refractivity contribution in [3.05, 3.63) is 10.4 Å². The Kier molecular flexibility index (Phi) is 1.48. The molecule has 0 aliphatic heterocycles. The number of hydrogen-bond acceptors (Lipinski definition) is 2. The zero-order valence-corrected chi connectivity index (χ0v) is 6.94. The molecule has 9 heavy (non-hydrogen) atoms. The Morgan fingerprint density at radius 2 is 2.22 bits per heavy atom. The van der Waals surface area contributed by atoms with Gasteiger partial charge in [0, 0.05) is 7.05 Å². The van der Waals surface area contributed by atoms with Crippen LogP contribution in [0.2, 0.25) is 0 Å². The fraction of sp³-hybridized carbons (Fsp3) is 0.400. The third kappa shape index (κ3) is 0.941. The lowest BCUT2D eigenvalue weighted by Crippen LogP contribution is -1.90. The lowest BCUT2D eigenvalue weighted by molar-refractivity contribution is 0.840. The van der Waals surface area contributed by atoms with Crippen LogP contribution in [0.1, 0.15) is 5.82 Å². The van der Waals surface area contributed by atoms with Crippen LogP contribution in [0.3, 0.4) is 0 Å². The van der Waals surface area contributed by atoms with Crippen molar-refractivity contribution in [2.24, 2.45) is 7.05 Å². The second-order valence-electron chi connectivity index (χ2n) is 1.89. The zero-order valence-electron chi connectivity index (χ0n) is 5.35. The summed E-state index contributed by atoms with van der Waals surface area (Å²) in [6.45, 7) is 1.90. The highest BCUT2D eigenvalue weighted by Crippen LogP contribution is 2.17. The SMILES string of the molecule is Cc1nc(N)c(Br)n1C. The van der Waals surface area contributed by atoms with E-state index in [2.05, 4.69) is 20.9 Å². The second-order valence-corrected chi connectivity index (χ2v) is 2.65. The van der Waals surface area contributed by atoms with Gasteiger partial charge < -0.3 is 10.3 Å². The number of nitrogens with zero attached hydrogens (tertiary/aromatic N) is 2. The normalized spacial score (nSPS) is 10.1. The van der Waals surface area contributed by atoms with Crippen LogP contribution in [0, 0.1) is 6.92 Å². The Hall–Kier alpha value is -0.510. The second kappa shape index (κ2) is 2.02. The van der Waals surface area contributed by atoms with Crippen LogP contribution in [0.15, 0.2) is 4.60 Å². The van der Waals surface area contributed by atoms with E-state index in [0.29, 0.717) is 5.82 Å². The summed E-state index contributed by atoms with van der Waals surface area (Å²) >= 11 is 3.28. The van der Waals surface area contributed by atoms with Crippen molar-refractivity contribution in [1.29, 1.82) is 0 Å². The van der Waals surface area contributed by atoms with E-state index in [0.717, 1.165) is 10.4 Å². The van der Waals surface area contributed by atoms with Crippen molar-refractivity contribution < 1.29 is 0 Å². The summed E-state index contributed by atoms with van der Waals surface area (Å²) in [5, 5.41) is 0. The molecule has 0 saturated carbocycles. The van der Waals surface area contributed by atoms with Gasteiger partial charge in [0.15, 0.2) is 5.82 Å². The number of rotatable bonds is 0. The molecule has 0 radical (unpaired) electrons. The summed E-state index contributed by atoms with van der Waals surface area (Å²) < 4.78 is 2.73. The highest BCUT2D eigenvalue weighted by molar-refractivity contribution is 9.10. The number of nitrogen functional groups attached to an aromatic ring is 1. The summed E-state index contributed by atoms with van der Waals surface area (Å²) in [5.41, 5.74) is 5.46. The monoisotopic (exact) mass is 189 g/mol. The molecule has 2 N–H and O–H groups in total. The van der Waals surface area contributed by atoms with E-state index in [4.69, 9.17) is 5.73 Å². The van der Waals surface area contributed by atoms with E-state index in [1.165, 1.54) is 0 Å². The van der Waals surface area contributed by atoms with Gasteiger partial charge in [-0.15, -0.1) is 0 Å². The molecule has 0 aromatic carbocycles. The van der Waals surface area contributed by atoms with Crippen molar-refractivity contribution >= 4 is 21.7 Å². The molecular formula is C5H8BrN3. The van der Waals surface area contributed by atoms with Crippen LogP contribution in [0.4, 0.5) is 5.82 Å². The van der Waals surface area contributed by atoms with E-state index >= 15 is 0 Å². The van der Waals surface area contributed by atoms with E-state index in [1.807, 2.05) is 18.5 Å². The summed E-state index contributed by atoms with van der Waals surface area (Å²) in [6, 6.07) is 0. The molecule has 0 aliphatic carbocycles. The molecule has 1 aromatic rings. The molecule has 0 atom stereocenters. The molecule has 0 unspecified atom stereocenters. The third-order valence-corrected chi connectivity index (χ3v) is 2.21. The first kappa shape index (κ1) is 6.61. The smallest absolute Gasteiger partial charge is 0.156 e. The molecule has 0 spiro atoms. The van der Waals surface area contributed by atoms with Gasteiger partial charge in [-0.25, -0.2) is 4.98 Å². The quantitative estimate of drug-likeness (QED) is 0.664. The van der Waals surface area contributed by atoms with Gasteiger partial charge in [-0.1, -0.05) is 0 Å². The average molecular weight is 190 g/mol. The van der Waals surface area contributed by atoms with Gasteiger partial charge >= 0.3 is 0 Å². The Labute approximate surface area is 62.0 Å². The number of nitrogens with two attached hydrogens (primary N) is 1. The standard InChI is InChI=1S/C5H8BrN3/c1-3-8-5(7)4(6)9(3)2/h7H2,1-2H3. The maximum atomic E-state index is 5.46. The minimum atomic E-state index is 0.551. The molecule has 1 aromatic heterocycles. The lowest BCUT2D eigenvalue weighted by Gasteiger charge is -1.92. The summed E-state index contributed by atoms with van der Waals surface area (Å²) in [5.74, 6) is 1.47. The molecule has 3 nitrogen and oxygen atoms in total. The largest absolute Gasteiger partial charge is 0.381 e. The van der Waals surface area contributed by atoms with Gasteiger partial charge in [0.05, 0.1) is 0 Å². The number of halogens is 1. The molecule has 50 valence electrons. The summed E-state index contributed by atoms with van der Waals surface area (Å²) in [7, 11) is 1.91.